The lowest BCUT2D eigenvalue weighted by Gasteiger charge is -2.40. The summed E-state index contributed by atoms with van der Waals surface area (Å²) in [6.45, 7) is 0. The number of fused-ring (bicyclic) bond motifs is 22. The smallest absolute Gasteiger partial charge is 0.140 e. The van der Waals surface area contributed by atoms with Crippen LogP contribution in [0, 0.1) is 0 Å². The zero-order valence-electron chi connectivity index (χ0n) is 67.2. The summed E-state index contributed by atoms with van der Waals surface area (Å²) in [6.07, 6.45) is 0. The van der Waals surface area contributed by atoms with E-state index < -0.39 is 10.8 Å². The summed E-state index contributed by atoms with van der Waals surface area (Å²) < 4.78 is 13.6. The van der Waals surface area contributed by atoms with Crippen molar-refractivity contribution in [2.45, 2.75) is 10.8 Å². The number of ether oxygens (including phenoxy) is 2. The maximum absolute atomic E-state index is 6.89. The topological polar surface area (TPSA) is 33.7 Å². The second-order valence-electron chi connectivity index (χ2n) is 31.8. The van der Waals surface area contributed by atoms with Crippen LogP contribution >= 0.6 is 11.6 Å². The van der Waals surface area contributed by atoms with Gasteiger partial charge in [0.25, 0.3) is 0 Å². The molecule has 20 aromatic rings. The van der Waals surface area contributed by atoms with Gasteiger partial charge in [0, 0.05) is 71.9 Å². The summed E-state index contributed by atoms with van der Waals surface area (Å²) >= 11 is 6.22. The Morgan fingerprint density at radius 1 is 0.220 bits per heavy atom. The molecule has 0 amide bonds. The van der Waals surface area contributed by atoms with Gasteiger partial charge in [-0.1, -0.05) is 400 Å². The molecule has 0 fully saturated rings. The second-order valence-corrected chi connectivity index (χ2v) is 32.2. The molecule has 0 aromatic heterocycles. The van der Waals surface area contributed by atoms with Crippen molar-refractivity contribution in [3.05, 3.63) is 523 Å². The minimum absolute atomic E-state index is 0.484. The van der Waals surface area contributed by atoms with Crippen molar-refractivity contribution in [1.82, 2.24) is 0 Å². The molecule has 2 unspecified atom stereocenters. The van der Waals surface area contributed by atoms with Crippen LogP contribution in [0.2, 0.25) is 5.02 Å². The van der Waals surface area contributed by atoms with E-state index in [2.05, 4.69) is 459 Å². The third-order valence-corrected chi connectivity index (χ3v) is 25.3. The van der Waals surface area contributed by atoms with Gasteiger partial charge >= 0.3 is 0 Å². The molecule has 24 rings (SSSR count). The predicted octanol–water partition coefficient (Wildman–Crippen LogP) is 32.2. The number of nitrogens with one attached hydrogen (secondary N) is 1. The Morgan fingerprint density at radius 3 is 1.03 bits per heavy atom. The van der Waals surface area contributed by atoms with Crippen molar-refractivity contribution in [1.29, 1.82) is 0 Å². The molecule has 0 bridgehead atoms. The lowest BCUT2D eigenvalue weighted by Crippen LogP contribution is -2.32. The van der Waals surface area contributed by atoms with Crippen molar-refractivity contribution in [2.75, 3.05) is 10.2 Å². The third-order valence-electron chi connectivity index (χ3n) is 25.0. The van der Waals surface area contributed by atoms with Crippen LogP contribution in [0.4, 0.5) is 28.4 Å². The quantitative estimate of drug-likeness (QED) is 0.140. The monoisotopic (exact) mass is 1590 g/mol. The van der Waals surface area contributed by atoms with E-state index in [1.54, 1.807) is 0 Å². The highest BCUT2D eigenvalue weighted by Crippen LogP contribution is 2.66. The molecule has 0 radical (unpaired) electrons. The molecular weight excluding hydrogens is 1510 g/mol. The van der Waals surface area contributed by atoms with Gasteiger partial charge in [-0.3, -0.25) is 0 Å². The molecule has 2 atom stereocenters. The molecule has 0 saturated carbocycles. The Hall–Kier alpha value is -15.6. The van der Waals surface area contributed by atoms with E-state index >= 15 is 0 Å². The molecule has 580 valence electrons. The van der Waals surface area contributed by atoms with Gasteiger partial charge in [0.15, 0.2) is 0 Å². The van der Waals surface area contributed by atoms with Crippen LogP contribution in [0.5, 0.6) is 23.0 Å². The second kappa shape index (κ2) is 31.3. The Morgan fingerprint density at radius 2 is 0.553 bits per heavy atom. The minimum atomic E-state index is -0.556. The van der Waals surface area contributed by atoms with E-state index in [9.17, 15) is 0 Å². The molecule has 0 saturated heterocycles. The number of halogens is 1. The van der Waals surface area contributed by atoms with Crippen LogP contribution in [-0.2, 0) is 10.8 Å². The fraction of sp³-hybridized carbons (Fsp3) is 0.0169. The number of hydrogen-bond acceptors (Lipinski definition) is 4. The van der Waals surface area contributed by atoms with Gasteiger partial charge in [-0.05, 0) is 196 Å². The largest absolute Gasteiger partial charge is 0.456 e. The molecule has 4 nitrogen and oxygen atoms in total. The summed E-state index contributed by atoms with van der Waals surface area (Å²) in [5, 5.41) is 8.90. The van der Waals surface area contributed by atoms with Crippen molar-refractivity contribution in [3.8, 4) is 112 Å². The molecule has 2 aliphatic heterocycles. The lowest BCUT2D eigenvalue weighted by atomic mass is 9.65. The first kappa shape index (κ1) is 73.8. The first-order valence-corrected chi connectivity index (χ1v) is 42.4. The maximum atomic E-state index is 6.89. The number of para-hydroxylation sites is 4. The van der Waals surface area contributed by atoms with Crippen LogP contribution in [0.3, 0.4) is 0 Å². The summed E-state index contributed by atoms with van der Waals surface area (Å²) in [4.78, 5) is 2.38. The first-order chi connectivity index (χ1) is 60.9. The Kier molecular flexibility index (Phi) is 18.8. The molecule has 4 aliphatic rings. The van der Waals surface area contributed by atoms with Crippen LogP contribution in [0.25, 0.3) is 111 Å². The van der Waals surface area contributed by atoms with Crippen molar-refractivity contribution in [3.63, 3.8) is 0 Å². The van der Waals surface area contributed by atoms with E-state index in [-0.39, 0.29) is 0 Å². The highest BCUT2D eigenvalue weighted by molar-refractivity contribution is 6.30. The number of nitrogens with zero attached hydrogens (tertiary/aromatic N) is 1. The van der Waals surface area contributed by atoms with Gasteiger partial charge in [-0.15, -0.1) is 0 Å². The maximum Gasteiger partial charge on any atom is 0.140 e. The first-order valence-electron chi connectivity index (χ1n) is 42.0. The zero-order chi connectivity index (χ0) is 81.8. The summed E-state index contributed by atoms with van der Waals surface area (Å²) in [7, 11) is 0. The molecule has 1 N–H and O–H groups in total. The number of rotatable bonds is 11. The van der Waals surface area contributed by atoms with E-state index in [4.69, 9.17) is 21.1 Å². The molecule has 2 heterocycles. The van der Waals surface area contributed by atoms with Gasteiger partial charge in [0.1, 0.15) is 23.0 Å². The van der Waals surface area contributed by atoms with Crippen LogP contribution in [0.15, 0.2) is 473 Å². The highest BCUT2D eigenvalue weighted by atomic mass is 35.5. The van der Waals surface area contributed by atoms with Crippen molar-refractivity contribution < 1.29 is 9.47 Å². The van der Waals surface area contributed by atoms with Gasteiger partial charge in [-0.25, -0.2) is 0 Å². The van der Waals surface area contributed by atoms with E-state index in [0.717, 1.165) is 78.4 Å². The fourth-order valence-corrected chi connectivity index (χ4v) is 19.6. The SMILES string of the molecule is Clc1ccc(-c2ccc3c(c2)C2(c4ccccc4Oc4c2ccc2ccccc42)c2ccccc2-3)cc1.c1ccc(-c2ccc(N(c3ccc(-c4ccc5c(c4)C4(c6ccccc6Oc6c4ccc4ccccc64)c4ccccc4-5)cc3)c3ccccc3-c3ccccc3)cc2)cc1.c1ccc(-c2ccc(Nc3ccccc3-c3ccccc3)cc2)cc1. The zero-order valence-corrected chi connectivity index (χ0v) is 67.9. The lowest BCUT2D eigenvalue weighted by molar-refractivity contribution is 0.441. The fourth-order valence-electron chi connectivity index (χ4n) is 19.4. The average Bonchev–Trinajstić information content (AvgIpc) is 1.54. The number of hydrogen-bond donors (Lipinski definition) is 1. The van der Waals surface area contributed by atoms with Crippen LogP contribution < -0.4 is 19.7 Å². The predicted molar refractivity (Wildman–Crippen MR) is 511 cm³/mol. The van der Waals surface area contributed by atoms with Gasteiger partial charge in [0.2, 0.25) is 0 Å². The van der Waals surface area contributed by atoms with Crippen LogP contribution in [0.1, 0.15) is 44.5 Å². The summed E-state index contributed by atoms with van der Waals surface area (Å²) in [5.74, 6) is 3.68. The standard InChI is InChI=1S/C59H39NO.C35H21ClO.C24H19N/c1-3-15-40(16-4-1)41-27-33-46(34-28-41)60(56-25-13-10-20-48(56)43-17-5-2-6-18-43)47-35-29-42(30-36-47)45-31-37-51-50-22-9-11-23-52(50)59(55(51)39-45)53-24-12-14-26-57(53)61-58-49-21-8-7-19-44(49)32-38-54(58)59;36-25-17-13-22(14-18-25)24-15-19-28-27-9-3-4-10-29(27)35(32(28)21-24)30-11-5-6-12-33(30)37-34-26-8-2-1-7-23(26)16-20-31(34)35;1-3-9-19(10-4-1)20-15-17-22(18-16-20)25-24-14-8-7-13-23(24)21-11-5-2-6-12-21/h1-39H;1-21H;1-18,25H. The molecule has 2 spiro atoms. The molecule has 123 heavy (non-hydrogen) atoms. The Balaban J connectivity index is 0.000000123. The highest BCUT2D eigenvalue weighted by Gasteiger charge is 2.53. The Labute approximate surface area is 721 Å². The summed E-state index contributed by atoms with van der Waals surface area (Å²) in [6, 6.07) is 169. The van der Waals surface area contributed by atoms with Gasteiger partial charge in [0.05, 0.1) is 16.5 Å². The Bertz CT molecular complexity index is 7380. The molecular formula is C118H79ClN2O2. The third kappa shape index (κ3) is 12.9. The molecule has 2 aliphatic carbocycles. The number of benzene rings is 20. The van der Waals surface area contributed by atoms with Gasteiger partial charge < -0.3 is 19.7 Å². The van der Waals surface area contributed by atoms with E-state index in [1.165, 1.54) is 133 Å². The normalized spacial score (nSPS) is 14.3. The molecule has 5 heteroatoms. The van der Waals surface area contributed by atoms with E-state index in [0.29, 0.717) is 0 Å². The van der Waals surface area contributed by atoms with E-state index in [1.807, 2.05) is 24.3 Å². The average molecular weight is 1590 g/mol. The molecule has 20 aromatic carbocycles. The van der Waals surface area contributed by atoms with Crippen LogP contribution in [-0.4, -0.2) is 0 Å². The summed E-state index contributed by atoms with van der Waals surface area (Å²) in [5.41, 5.74) is 33.7. The van der Waals surface area contributed by atoms with Crippen molar-refractivity contribution >= 4 is 61.6 Å². The minimum Gasteiger partial charge on any atom is -0.456 e. The van der Waals surface area contributed by atoms with Crippen molar-refractivity contribution in [2.24, 2.45) is 0 Å². The van der Waals surface area contributed by atoms with Gasteiger partial charge in [-0.2, -0.15) is 0 Å². The number of anilines is 5.